The number of hydrogen-bond donors (Lipinski definition) is 0. The highest BCUT2D eigenvalue weighted by Gasteiger charge is 2.12. The fourth-order valence-corrected chi connectivity index (χ4v) is 2.84. The van der Waals surface area contributed by atoms with Crippen LogP contribution in [-0.2, 0) is 11.3 Å². The van der Waals surface area contributed by atoms with E-state index in [2.05, 4.69) is 5.10 Å². The number of aromatic nitrogens is 2. The van der Waals surface area contributed by atoms with Crippen molar-refractivity contribution in [3.8, 4) is 0 Å². The molecule has 0 radical (unpaired) electrons. The van der Waals surface area contributed by atoms with Crippen molar-refractivity contribution in [1.82, 2.24) is 14.7 Å². The Morgan fingerprint density at radius 3 is 2.42 bits per heavy atom. The number of carbonyl (C=O) groups excluding carboxylic acids is 1. The second-order valence-corrected chi connectivity index (χ2v) is 6.21. The zero-order valence-corrected chi connectivity index (χ0v) is 15.6. The Morgan fingerprint density at radius 1 is 1.21 bits per heavy atom. The van der Waals surface area contributed by atoms with Gasteiger partial charge in [0.15, 0.2) is 0 Å². The summed E-state index contributed by atoms with van der Waals surface area (Å²) in [5, 5.41) is 5.68. The van der Waals surface area contributed by atoms with Gasteiger partial charge in [0.2, 0.25) is 5.91 Å². The van der Waals surface area contributed by atoms with Crippen molar-refractivity contribution in [2.75, 3.05) is 13.1 Å². The Balaban J connectivity index is 2.19. The predicted octanol–water partition coefficient (Wildman–Crippen LogP) is 4.43. The molecule has 0 saturated heterocycles. The predicted molar refractivity (Wildman–Crippen MR) is 99.5 cm³/mol. The molecule has 0 N–H and O–H groups in total. The van der Waals surface area contributed by atoms with Crippen molar-refractivity contribution in [2.45, 2.75) is 27.3 Å². The zero-order chi connectivity index (χ0) is 17.7. The summed E-state index contributed by atoms with van der Waals surface area (Å²) in [4.78, 5) is 13.8. The molecule has 128 valence electrons. The number of benzene rings is 1. The largest absolute Gasteiger partial charge is 0.340 e. The van der Waals surface area contributed by atoms with Crippen LogP contribution in [0.2, 0.25) is 10.2 Å². The number of amides is 1. The molecule has 24 heavy (non-hydrogen) atoms. The molecule has 4 nitrogen and oxygen atoms in total. The smallest absolute Gasteiger partial charge is 0.246 e. The van der Waals surface area contributed by atoms with Crippen LogP contribution in [0.4, 0.5) is 0 Å². The molecular weight excluding hydrogens is 345 g/mol. The molecule has 0 aliphatic heterocycles. The summed E-state index contributed by atoms with van der Waals surface area (Å²) < 4.78 is 1.72. The average Bonchev–Trinajstić information content (AvgIpc) is 2.82. The van der Waals surface area contributed by atoms with E-state index >= 15 is 0 Å². The highest BCUT2D eigenvalue weighted by atomic mass is 35.5. The standard InChI is InChI=1S/C18H21Cl2N3O/c1-4-22(5-2)17(24)11-10-16-13(3)21-23(18(16)20)12-14-6-8-15(19)9-7-14/h6-11H,4-5,12H2,1-3H3/b11-10+. The first-order valence-corrected chi connectivity index (χ1v) is 8.66. The van der Waals surface area contributed by atoms with Gasteiger partial charge < -0.3 is 4.90 Å². The molecule has 1 aromatic heterocycles. The van der Waals surface area contributed by atoms with E-state index in [-0.39, 0.29) is 5.91 Å². The van der Waals surface area contributed by atoms with Crippen molar-refractivity contribution in [2.24, 2.45) is 0 Å². The molecular formula is C18H21Cl2N3O. The van der Waals surface area contributed by atoms with Crippen LogP contribution in [0.15, 0.2) is 30.3 Å². The molecule has 0 aliphatic carbocycles. The summed E-state index contributed by atoms with van der Waals surface area (Å²) in [6.07, 6.45) is 3.29. The number of hydrogen-bond acceptors (Lipinski definition) is 2. The lowest BCUT2D eigenvalue weighted by atomic mass is 10.2. The van der Waals surface area contributed by atoms with Crippen LogP contribution in [0.3, 0.4) is 0 Å². The quantitative estimate of drug-likeness (QED) is 0.710. The molecule has 0 unspecified atom stereocenters. The maximum Gasteiger partial charge on any atom is 0.246 e. The molecule has 6 heteroatoms. The van der Waals surface area contributed by atoms with Crippen LogP contribution in [0.5, 0.6) is 0 Å². The fourth-order valence-electron chi connectivity index (χ4n) is 2.42. The second-order valence-electron chi connectivity index (χ2n) is 5.42. The van der Waals surface area contributed by atoms with E-state index in [4.69, 9.17) is 23.2 Å². The van der Waals surface area contributed by atoms with E-state index in [9.17, 15) is 4.79 Å². The van der Waals surface area contributed by atoms with Crippen LogP contribution in [0.25, 0.3) is 6.08 Å². The minimum absolute atomic E-state index is 0.0269. The van der Waals surface area contributed by atoms with Gasteiger partial charge in [-0.15, -0.1) is 0 Å². The van der Waals surface area contributed by atoms with E-state index < -0.39 is 0 Å². The van der Waals surface area contributed by atoms with Gasteiger partial charge in [-0.1, -0.05) is 35.3 Å². The highest BCUT2D eigenvalue weighted by Crippen LogP contribution is 2.22. The normalized spacial score (nSPS) is 11.2. The van der Waals surface area contributed by atoms with Gasteiger partial charge in [-0.2, -0.15) is 5.10 Å². The Kier molecular flexibility index (Phi) is 6.46. The molecule has 2 rings (SSSR count). The number of nitrogens with zero attached hydrogens (tertiary/aromatic N) is 3. The fraction of sp³-hybridized carbons (Fsp3) is 0.333. The van der Waals surface area contributed by atoms with E-state index in [0.29, 0.717) is 29.8 Å². The minimum atomic E-state index is -0.0269. The summed E-state index contributed by atoms with van der Waals surface area (Å²) >= 11 is 12.3. The SMILES string of the molecule is CCN(CC)C(=O)/C=C/c1c(C)nn(Cc2ccc(Cl)cc2)c1Cl. The third kappa shape index (κ3) is 4.40. The van der Waals surface area contributed by atoms with Crippen molar-refractivity contribution < 1.29 is 4.79 Å². The summed E-state index contributed by atoms with van der Waals surface area (Å²) in [7, 11) is 0. The van der Waals surface area contributed by atoms with E-state index in [1.807, 2.05) is 45.0 Å². The van der Waals surface area contributed by atoms with Crippen LogP contribution in [0, 0.1) is 6.92 Å². The van der Waals surface area contributed by atoms with Gasteiger partial charge >= 0.3 is 0 Å². The molecule has 1 amide bonds. The Labute approximate surface area is 152 Å². The summed E-state index contributed by atoms with van der Waals surface area (Å²) in [6.45, 7) is 7.71. The number of rotatable bonds is 6. The minimum Gasteiger partial charge on any atom is -0.340 e. The molecule has 2 aromatic rings. The molecule has 0 atom stereocenters. The number of aryl methyl sites for hydroxylation is 1. The van der Waals surface area contributed by atoms with E-state index in [0.717, 1.165) is 16.8 Å². The van der Waals surface area contributed by atoms with Crippen LogP contribution in [-0.4, -0.2) is 33.7 Å². The van der Waals surface area contributed by atoms with Gasteiger partial charge in [-0.3, -0.25) is 4.79 Å². The third-order valence-corrected chi connectivity index (χ3v) is 4.47. The van der Waals surface area contributed by atoms with Crippen molar-refractivity contribution >= 4 is 35.2 Å². The monoisotopic (exact) mass is 365 g/mol. The van der Waals surface area contributed by atoms with Gasteiger partial charge in [-0.25, -0.2) is 4.68 Å². The maximum atomic E-state index is 12.1. The maximum absolute atomic E-state index is 12.1. The van der Waals surface area contributed by atoms with E-state index in [1.54, 1.807) is 21.7 Å². The lowest BCUT2D eigenvalue weighted by Crippen LogP contribution is -2.28. The molecule has 0 spiro atoms. The highest BCUT2D eigenvalue weighted by molar-refractivity contribution is 6.31. The van der Waals surface area contributed by atoms with E-state index in [1.165, 1.54) is 0 Å². The van der Waals surface area contributed by atoms with Crippen LogP contribution < -0.4 is 0 Å². The number of halogens is 2. The molecule has 0 bridgehead atoms. The lowest BCUT2D eigenvalue weighted by Gasteiger charge is -2.15. The van der Waals surface area contributed by atoms with Gasteiger partial charge in [0.25, 0.3) is 0 Å². The molecule has 1 aromatic carbocycles. The summed E-state index contributed by atoms with van der Waals surface area (Å²) in [5.41, 5.74) is 2.61. The van der Waals surface area contributed by atoms with Crippen LogP contribution in [0.1, 0.15) is 30.7 Å². The number of likely N-dealkylation sites (N-methyl/N-ethyl adjacent to an activating group) is 1. The third-order valence-electron chi connectivity index (χ3n) is 3.82. The molecule has 0 saturated carbocycles. The Hall–Kier alpha value is -1.78. The van der Waals surface area contributed by atoms with Gasteiger partial charge in [-0.05, 0) is 44.5 Å². The average molecular weight is 366 g/mol. The van der Waals surface area contributed by atoms with Gasteiger partial charge in [0.05, 0.1) is 12.2 Å². The van der Waals surface area contributed by atoms with Crippen molar-refractivity contribution in [1.29, 1.82) is 0 Å². The van der Waals surface area contributed by atoms with Gasteiger partial charge in [0, 0.05) is 29.8 Å². The van der Waals surface area contributed by atoms with Crippen molar-refractivity contribution in [3.63, 3.8) is 0 Å². The lowest BCUT2D eigenvalue weighted by molar-refractivity contribution is -0.125. The Bertz CT molecular complexity index is 731. The number of carbonyl (C=O) groups is 1. The molecule has 1 heterocycles. The van der Waals surface area contributed by atoms with Crippen molar-refractivity contribution in [3.05, 3.63) is 57.3 Å². The van der Waals surface area contributed by atoms with Crippen LogP contribution >= 0.6 is 23.2 Å². The topological polar surface area (TPSA) is 38.1 Å². The first-order chi connectivity index (χ1) is 11.5. The second kappa shape index (κ2) is 8.36. The molecule has 0 aliphatic rings. The first-order valence-electron chi connectivity index (χ1n) is 7.90. The summed E-state index contributed by atoms with van der Waals surface area (Å²) in [5.74, 6) is -0.0269. The first kappa shape index (κ1) is 18.6. The molecule has 0 fully saturated rings. The Morgan fingerprint density at radius 2 is 1.83 bits per heavy atom. The summed E-state index contributed by atoms with van der Waals surface area (Å²) in [6, 6.07) is 7.56. The zero-order valence-electron chi connectivity index (χ0n) is 14.1. The van der Waals surface area contributed by atoms with Gasteiger partial charge in [0.1, 0.15) is 5.15 Å².